The minimum Gasteiger partial charge on any atom is -0.487 e. The Kier molecular flexibility index (Phi) is 5.00. The summed E-state index contributed by atoms with van der Waals surface area (Å²) < 4.78 is 10.2. The van der Waals surface area contributed by atoms with Crippen LogP contribution in [0.2, 0.25) is 5.02 Å². The standard InChI is InChI=1S/C15H14ClNO4/c1-2-20-14-9-21-13(7-12(14)18)15(19)17-8-10-5-3-4-6-11(10)16/h3-7,9H,2,8H2,1H3,(H,17,19). The Balaban J connectivity index is 2.06. The van der Waals surface area contributed by atoms with E-state index in [0.29, 0.717) is 11.6 Å². The highest BCUT2D eigenvalue weighted by molar-refractivity contribution is 6.31. The van der Waals surface area contributed by atoms with Crippen LogP contribution < -0.4 is 15.5 Å². The van der Waals surface area contributed by atoms with Gasteiger partial charge in [0.1, 0.15) is 6.26 Å². The van der Waals surface area contributed by atoms with Gasteiger partial charge >= 0.3 is 0 Å². The summed E-state index contributed by atoms with van der Waals surface area (Å²) in [6, 6.07) is 8.27. The second-order valence-corrected chi connectivity index (χ2v) is 4.59. The van der Waals surface area contributed by atoms with Crippen LogP contribution in [0, 0.1) is 0 Å². The molecule has 1 N–H and O–H groups in total. The molecule has 0 unspecified atom stereocenters. The molecule has 5 nitrogen and oxygen atoms in total. The molecule has 2 aromatic rings. The molecule has 2 rings (SSSR count). The van der Waals surface area contributed by atoms with E-state index >= 15 is 0 Å². The number of amides is 1. The Morgan fingerprint density at radius 3 is 2.81 bits per heavy atom. The number of carbonyl (C=O) groups excluding carboxylic acids is 1. The summed E-state index contributed by atoms with van der Waals surface area (Å²) >= 11 is 5.99. The van der Waals surface area contributed by atoms with E-state index in [-0.39, 0.29) is 18.1 Å². The lowest BCUT2D eigenvalue weighted by Crippen LogP contribution is -2.24. The number of ether oxygens (including phenoxy) is 1. The van der Waals surface area contributed by atoms with Crippen LogP contribution in [0.5, 0.6) is 5.75 Å². The van der Waals surface area contributed by atoms with E-state index in [1.165, 1.54) is 0 Å². The van der Waals surface area contributed by atoms with Crippen molar-refractivity contribution in [3.63, 3.8) is 0 Å². The third kappa shape index (κ3) is 3.86. The van der Waals surface area contributed by atoms with Gasteiger partial charge in [-0.3, -0.25) is 9.59 Å². The fraction of sp³-hybridized carbons (Fsp3) is 0.200. The first-order chi connectivity index (χ1) is 10.1. The minimum absolute atomic E-state index is 0.0736. The van der Waals surface area contributed by atoms with E-state index in [9.17, 15) is 9.59 Å². The van der Waals surface area contributed by atoms with E-state index in [1.807, 2.05) is 6.07 Å². The highest BCUT2D eigenvalue weighted by Gasteiger charge is 2.12. The van der Waals surface area contributed by atoms with Crippen molar-refractivity contribution < 1.29 is 13.9 Å². The molecule has 21 heavy (non-hydrogen) atoms. The average Bonchev–Trinajstić information content (AvgIpc) is 2.48. The average molecular weight is 308 g/mol. The zero-order valence-electron chi connectivity index (χ0n) is 11.4. The molecule has 0 fully saturated rings. The van der Waals surface area contributed by atoms with Gasteiger partial charge in [0.05, 0.1) is 6.61 Å². The fourth-order valence-electron chi connectivity index (χ4n) is 1.68. The third-order valence-electron chi connectivity index (χ3n) is 2.72. The number of nitrogens with one attached hydrogen (secondary N) is 1. The smallest absolute Gasteiger partial charge is 0.287 e. The Bertz CT molecular complexity index is 696. The maximum Gasteiger partial charge on any atom is 0.287 e. The lowest BCUT2D eigenvalue weighted by molar-refractivity contribution is 0.0920. The van der Waals surface area contributed by atoms with Crippen molar-refractivity contribution in [2.75, 3.05) is 6.61 Å². The van der Waals surface area contributed by atoms with Crippen LogP contribution in [0.4, 0.5) is 0 Å². The Morgan fingerprint density at radius 2 is 2.14 bits per heavy atom. The van der Waals surface area contributed by atoms with E-state index in [0.717, 1.165) is 17.9 Å². The largest absolute Gasteiger partial charge is 0.487 e. The maximum absolute atomic E-state index is 11.9. The molecule has 0 spiro atoms. The molecular formula is C15H14ClNO4. The maximum atomic E-state index is 11.9. The number of halogens is 1. The quantitative estimate of drug-likeness (QED) is 0.922. The highest BCUT2D eigenvalue weighted by atomic mass is 35.5. The van der Waals surface area contributed by atoms with Gasteiger partial charge in [-0.05, 0) is 18.6 Å². The second-order valence-electron chi connectivity index (χ2n) is 4.18. The molecule has 110 valence electrons. The molecule has 1 heterocycles. The SMILES string of the molecule is CCOc1coc(C(=O)NCc2ccccc2Cl)cc1=O. The molecular weight excluding hydrogens is 294 g/mol. The lowest BCUT2D eigenvalue weighted by atomic mass is 10.2. The molecule has 6 heteroatoms. The molecule has 0 bridgehead atoms. The van der Waals surface area contributed by atoms with E-state index in [2.05, 4.69) is 5.32 Å². The molecule has 0 radical (unpaired) electrons. The summed E-state index contributed by atoms with van der Waals surface area (Å²) in [5.74, 6) is -0.481. The zero-order chi connectivity index (χ0) is 15.2. The molecule has 0 aliphatic rings. The van der Waals surface area contributed by atoms with Crippen LogP contribution in [-0.2, 0) is 6.54 Å². The first-order valence-electron chi connectivity index (χ1n) is 6.39. The molecule has 0 aliphatic heterocycles. The second kappa shape index (κ2) is 6.95. The number of carbonyl (C=O) groups is 1. The van der Waals surface area contributed by atoms with Crippen molar-refractivity contribution >= 4 is 17.5 Å². The van der Waals surface area contributed by atoms with Gasteiger partial charge < -0.3 is 14.5 Å². The van der Waals surface area contributed by atoms with Crippen molar-refractivity contribution in [1.29, 1.82) is 0 Å². The number of benzene rings is 1. The van der Waals surface area contributed by atoms with Gasteiger partial charge in [-0.25, -0.2) is 0 Å². The molecule has 0 saturated carbocycles. The van der Waals surface area contributed by atoms with E-state index < -0.39 is 11.3 Å². The van der Waals surface area contributed by atoms with Crippen molar-refractivity contribution in [2.24, 2.45) is 0 Å². The summed E-state index contributed by atoms with van der Waals surface area (Å²) in [6.45, 7) is 2.35. The van der Waals surface area contributed by atoms with Crippen molar-refractivity contribution in [2.45, 2.75) is 13.5 Å². The van der Waals surface area contributed by atoms with Crippen LogP contribution in [0.1, 0.15) is 23.0 Å². The van der Waals surface area contributed by atoms with Crippen molar-refractivity contribution in [3.05, 3.63) is 63.2 Å². The van der Waals surface area contributed by atoms with Crippen LogP contribution >= 0.6 is 11.6 Å². The van der Waals surface area contributed by atoms with Gasteiger partial charge in [0.2, 0.25) is 11.2 Å². The van der Waals surface area contributed by atoms with Crippen LogP contribution in [0.25, 0.3) is 0 Å². The molecule has 0 atom stereocenters. The predicted molar refractivity (Wildman–Crippen MR) is 78.8 cm³/mol. The van der Waals surface area contributed by atoms with Gasteiger partial charge in [-0.15, -0.1) is 0 Å². The van der Waals surface area contributed by atoms with Crippen LogP contribution in [0.15, 0.2) is 45.8 Å². The molecule has 0 aliphatic carbocycles. The summed E-state index contributed by atoms with van der Waals surface area (Å²) in [4.78, 5) is 23.6. The number of hydrogen-bond donors (Lipinski definition) is 1. The van der Waals surface area contributed by atoms with Gasteiger partial charge in [-0.2, -0.15) is 0 Å². The minimum atomic E-state index is -0.491. The summed E-state index contributed by atoms with van der Waals surface area (Å²) in [7, 11) is 0. The lowest BCUT2D eigenvalue weighted by Gasteiger charge is -2.07. The zero-order valence-corrected chi connectivity index (χ0v) is 12.1. The predicted octanol–water partition coefficient (Wildman–Crippen LogP) is 2.62. The first-order valence-corrected chi connectivity index (χ1v) is 6.77. The molecule has 1 amide bonds. The van der Waals surface area contributed by atoms with Crippen LogP contribution in [0.3, 0.4) is 0 Å². The molecule has 1 aromatic heterocycles. The topological polar surface area (TPSA) is 68.5 Å². The summed E-state index contributed by atoms with van der Waals surface area (Å²) in [5, 5.41) is 3.20. The van der Waals surface area contributed by atoms with Gasteiger partial charge in [0.15, 0.2) is 5.76 Å². The first kappa shape index (κ1) is 15.1. The fourth-order valence-corrected chi connectivity index (χ4v) is 1.89. The monoisotopic (exact) mass is 307 g/mol. The van der Waals surface area contributed by atoms with Gasteiger partial charge in [-0.1, -0.05) is 29.8 Å². The third-order valence-corrected chi connectivity index (χ3v) is 3.09. The number of rotatable bonds is 5. The molecule has 0 saturated heterocycles. The van der Waals surface area contributed by atoms with Crippen molar-refractivity contribution in [3.8, 4) is 5.75 Å². The molecule has 1 aromatic carbocycles. The Hall–Kier alpha value is -2.27. The summed E-state index contributed by atoms with van der Waals surface area (Å²) in [6.07, 6.45) is 1.14. The van der Waals surface area contributed by atoms with Gasteiger partial charge in [0, 0.05) is 17.6 Å². The summed E-state index contributed by atoms with van der Waals surface area (Å²) in [5.41, 5.74) is 0.381. The highest BCUT2D eigenvalue weighted by Crippen LogP contribution is 2.14. The number of hydrogen-bond acceptors (Lipinski definition) is 4. The van der Waals surface area contributed by atoms with Gasteiger partial charge in [0.25, 0.3) is 5.91 Å². The Labute approximate surface area is 126 Å². The Morgan fingerprint density at radius 1 is 1.38 bits per heavy atom. The normalized spacial score (nSPS) is 10.2. The van der Waals surface area contributed by atoms with E-state index in [4.69, 9.17) is 20.8 Å². The van der Waals surface area contributed by atoms with Crippen LogP contribution in [-0.4, -0.2) is 12.5 Å². The van der Waals surface area contributed by atoms with Crippen molar-refractivity contribution in [1.82, 2.24) is 5.32 Å². The van der Waals surface area contributed by atoms with E-state index in [1.54, 1.807) is 25.1 Å².